The summed E-state index contributed by atoms with van der Waals surface area (Å²) in [5, 5.41) is 1.50. The highest BCUT2D eigenvalue weighted by molar-refractivity contribution is 5.99. The van der Waals surface area contributed by atoms with Gasteiger partial charge in [0.05, 0.1) is 16.4 Å². The maximum absolute atomic E-state index is 13.8. The Morgan fingerprint density at radius 2 is 1.79 bits per heavy atom. The second-order valence-corrected chi connectivity index (χ2v) is 7.21. The zero-order chi connectivity index (χ0) is 20.1. The minimum atomic E-state index is -0.453. The number of halogens is 1. The molecule has 0 unspecified atom stereocenters. The van der Waals surface area contributed by atoms with E-state index in [1.54, 1.807) is 6.07 Å². The number of rotatable bonds is 3. The van der Waals surface area contributed by atoms with Crippen LogP contribution < -0.4 is 10.7 Å². The lowest BCUT2D eigenvalue weighted by Crippen LogP contribution is -2.18. The van der Waals surface area contributed by atoms with E-state index in [4.69, 9.17) is 4.74 Å². The first-order valence-corrected chi connectivity index (χ1v) is 9.36. The number of carbonyl (C=O) groups is 1. The summed E-state index contributed by atoms with van der Waals surface area (Å²) >= 11 is 0. The van der Waals surface area contributed by atoms with Crippen molar-refractivity contribution in [1.29, 1.82) is 0 Å². The minimum Gasteiger partial charge on any atom is -0.456 e. The molecule has 2 heterocycles. The SMILES string of the molecule is CC1=C(C(=O)OCc2ccccc2)N=c2cc3c(c(C)c21)=Nc1ccc(F)cc1-3. The van der Waals surface area contributed by atoms with Gasteiger partial charge in [0.2, 0.25) is 0 Å². The van der Waals surface area contributed by atoms with E-state index in [0.717, 1.165) is 44.4 Å². The normalized spacial score (nSPS) is 13.3. The molecular formula is C24H17FN2O2. The van der Waals surface area contributed by atoms with Crippen molar-refractivity contribution in [2.75, 3.05) is 0 Å². The van der Waals surface area contributed by atoms with Gasteiger partial charge in [0.1, 0.15) is 12.4 Å². The molecule has 0 atom stereocenters. The van der Waals surface area contributed by atoms with Crippen molar-refractivity contribution < 1.29 is 13.9 Å². The van der Waals surface area contributed by atoms with Crippen molar-refractivity contribution in [3.8, 4) is 11.1 Å². The average Bonchev–Trinajstić information content (AvgIpc) is 3.25. The highest BCUT2D eigenvalue weighted by Crippen LogP contribution is 2.35. The molecule has 0 aromatic heterocycles. The predicted octanol–water partition coefficient (Wildman–Crippen LogP) is 4.17. The summed E-state index contributed by atoms with van der Waals surface area (Å²) in [4.78, 5) is 21.9. The smallest absolute Gasteiger partial charge is 0.357 e. The van der Waals surface area contributed by atoms with Crippen LogP contribution in [-0.4, -0.2) is 5.97 Å². The number of fused-ring (bicyclic) bond motifs is 4. The number of nitrogens with zero attached hydrogens (tertiary/aromatic N) is 2. The molecule has 3 aromatic carbocycles. The summed E-state index contributed by atoms with van der Waals surface area (Å²) in [6.45, 7) is 4.02. The molecule has 0 radical (unpaired) electrons. The van der Waals surface area contributed by atoms with Crippen LogP contribution in [0.4, 0.5) is 10.1 Å². The van der Waals surface area contributed by atoms with Gasteiger partial charge in [-0.1, -0.05) is 30.3 Å². The van der Waals surface area contributed by atoms with E-state index in [1.807, 2.05) is 50.2 Å². The molecular weight excluding hydrogens is 367 g/mol. The van der Waals surface area contributed by atoms with E-state index in [-0.39, 0.29) is 12.4 Å². The van der Waals surface area contributed by atoms with Gasteiger partial charge in [-0.25, -0.2) is 19.2 Å². The van der Waals surface area contributed by atoms with E-state index in [9.17, 15) is 9.18 Å². The molecule has 0 fully saturated rings. The number of hydrogen-bond donors (Lipinski definition) is 0. The fourth-order valence-electron chi connectivity index (χ4n) is 3.96. The number of hydrogen-bond acceptors (Lipinski definition) is 4. The molecule has 0 amide bonds. The molecule has 29 heavy (non-hydrogen) atoms. The van der Waals surface area contributed by atoms with E-state index in [2.05, 4.69) is 9.98 Å². The van der Waals surface area contributed by atoms with E-state index in [1.165, 1.54) is 12.1 Å². The summed E-state index contributed by atoms with van der Waals surface area (Å²) in [7, 11) is 0. The van der Waals surface area contributed by atoms with Crippen molar-refractivity contribution in [2.24, 2.45) is 9.98 Å². The van der Waals surface area contributed by atoms with Gasteiger partial charge >= 0.3 is 5.97 Å². The molecule has 5 heteroatoms. The Bertz CT molecular complexity index is 1340. The first kappa shape index (κ1) is 17.5. The Morgan fingerprint density at radius 1 is 1.00 bits per heavy atom. The molecule has 2 aliphatic heterocycles. The second-order valence-electron chi connectivity index (χ2n) is 7.21. The van der Waals surface area contributed by atoms with Crippen LogP contribution >= 0.6 is 0 Å². The monoisotopic (exact) mass is 384 g/mol. The van der Waals surface area contributed by atoms with Crippen LogP contribution in [0.25, 0.3) is 16.7 Å². The standard InChI is InChI=1S/C24H17FN2O2/c1-13-21-14(2)23(24(28)29-12-15-6-4-3-5-7-15)27-20(21)11-18-17-10-16(25)8-9-19(17)26-22(13)18/h3-11H,12H2,1-2H3. The lowest BCUT2D eigenvalue weighted by atomic mass is 9.96. The molecule has 3 aromatic rings. The van der Waals surface area contributed by atoms with Crippen LogP contribution in [0.1, 0.15) is 23.6 Å². The maximum atomic E-state index is 13.8. The van der Waals surface area contributed by atoms with E-state index in [0.29, 0.717) is 11.1 Å². The van der Waals surface area contributed by atoms with Gasteiger partial charge in [-0.3, -0.25) is 0 Å². The molecule has 0 aliphatic carbocycles. The average molecular weight is 384 g/mol. The third kappa shape index (κ3) is 2.78. The summed E-state index contributed by atoms with van der Waals surface area (Å²) < 4.78 is 19.2. The van der Waals surface area contributed by atoms with Gasteiger partial charge < -0.3 is 4.74 Å². The number of carbonyl (C=O) groups excluding carboxylic acids is 1. The Labute approximate surface area is 166 Å². The molecule has 0 N–H and O–H groups in total. The Hall–Kier alpha value is -3.60. The molecule has 5 rings (SSSR count). The molecule has 4 nitrogen and oxygen atoms in total. The fourth-order valence-corrected chi connectivity index (χ4v) is 3.96. The first-order valence-electron chi connectivity index (χ1n) is 9.36. The van der Waals surface area contributed by atoms with Gasteiger partial charge in [0, 0.05) is 16.7 Å². The topological polar surface area (TPSA) is 51.0 Å². The van der Waals surface area contributed by atoms with Crippen LogP contribution in [0, 0.1) is 12.7 Å². The predicted molar refractivity (Wildman–Crippen MR) is 107 cm³/mol. The third-order valence-electron chi connectivity index (χ3n) is 5.37. The summed E-state index contributed by atoms with van der Waals surface area (Å²) in [5.74, 6) is -0.758. The summed E-state index contributed by atoms with van der Waals surface area (Å²) in [6.07, 6.45) is 0. The second kappa shape index (κ2) is 6.48. The number of allylic oxidation sites excluding steroid dienone is 1. The summed E-state index contributed by atoms with van der Waals surface area (Å²) in [6, 6.07) is 16.0. The quantitative estimate of drug-likeness (QED) is 0.498. The molecule has 0 saturated carbocycles. The molecule has 0 spiro atoms. The Morgan fingerprint density at radius 3 is 2.59 bits per heavy atom. The van der Waals surface area contributed by atoms with Gasteiger partial charge in [-0.15, -0.1) is 0 Å². The van der Waals surface area contributed by atoms with E-state index < -0.39 is 5.97 Å². The first-order chi connectivity index (χ1) is 14.0. The zero-order valence-corrected chi connectivity index (χ0v) is 16.0. The van der Waals surface area contributed by atoms with Crippen LogP contribution in [0.5, 0.6) is 0 Å². The Balaban J connectivity index is 1.53. The minimum absolute atomic E-state index is 0.194. The molecule has 0 bridgehead atoms. The van der Waals surface area contributed by atoms with Crippen molar-refractivity contribution >= 4 is 17.2 Å². The van der Waals surface area contributed by atoms with Crippen LogP contribution in [0.3, 0.4) is 0 Å². The van der Waals surface area contributed by atoms with Crippen molar-refractivity contribution in [1.82, 2.24) is 0 Å². The summed E-state index contributed by atoms with van der Waals surface area (Å²) in [5.41, 5.74) is 6.16. The van der Waals surface area contributed by atoms with Gasteiger partial charge in [-0.05, 0) is 54.8 Å². The lowest BCUT2D eigenvalue weighted by Gasteiger charge is -2.07. The fraction of sp³-hybridized carbons (Fsp3) is 0.125. The highest BCUT2D eigenvalue weighted by atomic mass is 19.1. The van der Waals surface area contributed by atoms with Crippen molar-refractivity contribution in [3.05, 3.63) is 93.5 Å². The zero-order valence-electron chi connectivity index (χ0n) is 16.0. The van der Waals surface area contributed by atoms with Gasteiger partial charge in [-0.2, -0.15) is 0 Å². The van der Waals surface area contributed by atoms with Crippen LogP contribution in [-0.2, 0) is 16.1 Å². The number of esters is 1. The van der Waals surface area contributed by atoms with Crippen molar-refractivity contribution in [3.63, 3.8) is 0 Å². The van der Waals surface area contributed by atoms with Gasteiger partial charge in [0.15, 0.2) is 5.70 Å². The molecule has 0 saturated heterocycles. The highest BCUT2D eigenvalue weighted by Gasteiger charge is 2.26. The maximum Gasteiger partial charge on any atom is 0.357 e. The molecule has 2 aliphatic rings. The number of ether oxygens (including phenoxy) is 1. The number of benzene rings is 3. The van der Waals surface area contributed by atoms with Crippen LogP contribution in [0.15, 0.2) is 70.3 Å². The third-order valence-corrected chi connectivity index (χ3v) is 5.37. The van der Waals surface area contributed by atoms with Crippen LogP contribution in [0.2, 0.25) is 0 Å². The van der Waals surface area contributed by atoms with E-state index >= 15 is 0 Å². The van der Waals surface area contributed by atoms with Gasteiger partial charge in [0.25, 0.3) is 0 Å². The Kier molecular flexibility index (Phi) is 3.91. The molecule has 142 valence electrons. The van der Waals surface area contributed by atoms with Crippen molar-refractivity contribution in [2.45, 2.75) is 20.5 Å². The lowest BCUT2D eigenvalue weighted by molar-refractivity contribution is -0.140. The largest absolute Gasteiger partial charge is 0.456 e.